The fourth-order valence-corrected chi connectivity index (χ4v) is 2.67. The van der Waals surface area contributed by atoms with E-state index in [2.05, 4.69) is 4.90 Å². The molecule has 0 aliphatic carbocycles. The summed E-state index contributed by atoms with van der Waals surface area (Å²) >= 11 is 0. The highest BCUT2D eigenvalue weighted by atomic mass is 16.3. The topological polar surface area (TPSA) is 43.8 Å². The van der Waals surface area contributed by atoms with Crippen LogP contribution < -0.4 is 0 Å². The molecule has 4 nitrogen and oxygen atoms in total. The maximum atomic E-state index is 12.5. The zero-order valence-electron chi connectivity index (χ0n) is 11.9. The van der Waals surface area contributed by atoms with Crippen molar-refractivity contribution < 1.29 is 9.90 Å². The minimum atomic E-state index is 0.0763. The van der Waals surface area contributed by atoms with Crippen LogP contribution in [-0.2, 0) is 0 Å². The highest BCUT2D eigenvalue weighted by Gasteiger charge is 2.29. The average molecular weight is 262 g/mol. The Balaban J connectivity index is 2.16. The second-order valence-corrected chi connectivity index (χ2v) is 5.56. The summed E-state index contributed by atoms with van der Waals surface area (Å²) in [6.45, 7) is 3.55. The summed E-state index contributed by atoms with van der Waals surface area (Å²) in [5.74, 6) is 0.315. The molecule has 1 aliphatic rings. The Morgan fingerprint density at radius 1 is 1.47 bits per heavy atom. The number of phenolic OH excluding ortho intramolecular Hbond substituents is 1. The largest absolute Gasteiger partial charge is 0.508 e. The van der Waals surface area contributed by atoms with Crippen molar-refractivity contribution in [1.29, 1.82) is 0 Å². The van der Waals surface area contributed by atoms with Gasteiger partial charge < -0.3 is 14.9 Å². The van der Waals surface area contributed by atoms with Gasteiger partial charge in [0.1, 0.15) is 5.75 Å². The molecule has 0 spiro atoms. The van der Waals surface area contributed by atoms with Crippen molar-refractivity contribution in [2.75, 3.05) is 27.2 Å². The number of nitrogens with zero attached hydrogens (tertiary/aromatic N) is 2. The zero-order chi connectivity index (χ0) is 14.0. The van der Waals surface area contributed by atoms with Gasteiger partial charge in [-0.15, -0.1) is 0 Å². The lowest BCUT2D eigenvalue weighted by atomic mass is 10.1. The van der Waals surface area contributed by atoms with Gasteiger partial charge in [-0.25, -0.2) is 0 Å². The van der Waals surface area contributed by atoms with Gasteiger partial charge in [-0.1, -0.05) is 0 Å². The van der Waals surface area contributed by atoms with Crippen LogP contribution in [-0.4, -0.2) is 54.0 Å². The lowest BCUT2D eigenvalue weighted by Gasteiger charge is -2.27. The van der Waals surface area contributed by atoms with Crippen molar-refractivity contribution in [3.8, 4) is 5.75 Å². The van der Waals surface area contributed by atoms with Crippen LogP contribution in [0, 0.1) is 6.92 Å². The number of carbonyl (C=O) groups excluding carboxylic acids is 1. The minimum Gasteiger partial charge on any atom is -0.508 e. The Morgan fingerprint density at radius 3 is 2.84 bits per heavy atom. The van der Waals surface area contributed by atoms with Gasteiger partial charge in [0.15, 0.2) is 0 Å². The number of phenols is 1. The Hall–Kier alpha value is -1.55. The second kappa shape index (κ2) is 5.61. The first-order chi connectivity index (χ1) is 8.99. The molecule has 19 heavy (non-hydrogen) atoms. The molecule has 2 rings (SSSR count). The summed E-state index contributed by atoms with van der Waals surface area (Å²) in [5, 5.41) is 9.53. The van der Waals surface area contributed by atoms with E-state index in [0.717, 1.165) is 31.5 Å². The van der Waals surface area contributed by atoms with E-state index >= 15 is 0 Å². The van der Waals surface area contributed by atoms with Crippen molar-refractivity contribution in [3.05, 3.63) is 29.3 Å². The molecule has 1 aromatic carbocycles. The van der Waals surface area contributed by atoms with Crippen molar-refractivity contribution in [1.82, 2.24) is 9.80 Å². The van der Waals surface area contributed by atoms with Crippen LogP contribution in [0.4, 0.5) is 0 Å². The van der Waals surface area contributed by atoms with Gasteiger partial charge in [0.05, 0.1) is 0 Å². The molecule has 0 aromatic heterocycles. The van der Waals surface area contributed by atoms with E-state index in [4.69, 9.17) is 0 Å². The first-order valence-corrected chi connectivity index (χ1v) is 6.74. The van der Waals surface area contributed by atoms with Crippen molar-refractivity contribution in [3.63, 3.8) is 0 Å². The maximum absolute atomic E-state index is 12.5. The number of amides is 1. The quantitative estimate of drug-likeness (QED) is 0.904. The molecule has 1 atom stereocenters. The minimum absolute atomic E-state index is 0.0763. The standard InChI is InChI=1S/C15H22N2O2/c1-11-9-12(6-7-14(11)18)15(19)17-8-4-5-13(17)10-16(2)3/h6-7,9,13,18H,4-5,8,10H2,1-3H3. The van der Waals surface area contributed by atoms with Gasteiger partial charge >= 0.3 is 0 Å². The number of hydrogen-bond acceptors (Lipinski definition) is 3. The van der Waals surface area contributed by atoms with Crippen LogP contribution in [0.2, 0.25) is 0 Å². The van der Waals surface area contributed by atoms with Crippen molar-refractivity contribution in [2.24, 2.45) is 0 Å². The molecule has 1 aromatic rings. The summed E-state index contributed by atoms with van der Waals surface area (Å²) in [6.07, 6.45) is 2.14. The Labute approximate surface area is 114 Å². The lowest BCUT2D eigenvalue weighted by molar-refractivity contribution is 0.0716. The normalized spacial score (nSPS) is 19.2. The molecule has 1 saturated heterocycles. The molecular formula is C15H22N2O2. The van der Waals surface area contributed by atoms with Gasteiger partial charge in [0.2, 0.25) is 0 Å². The van der Waals surface area contributed by atoms with E-state index in [1.54, 1.807) is 18.2 Å². The Morgan fingerprint density at radius 2 is 2.21 bits per heavy atom. The van der Waals surface area contributed by atoms with Crippen LogP contribution in [0.3, 0.4) is 0 Å². The monoisotopic (exact) mass is 262 g/mol. The number of hydrogen-bond donors (Lipinski definition) is 1. The Bertz CT molecular complexity index is 471. The number of aryl methyl sites for hydroxylation is 1. The zero-order valence-corrected chi connectivity index (χ0v) is 11.9. The van der Waals surface area contributed by atoms with Crippen LogP contribution in [0.25, 0.3) is 0 Å². The van der Waals surface area contributed by atoms with Gasteiger partial charge in [-0.3, -0.25) is 4.79 Å². The number of likely N-dealkylation sites (tertiary alicyclic amines) is 1. The first kappa shape index (κ1) is 13.9. The molecule has 0 radical (unpaired) electrons. The van der Waals surface area contributed by atoms with Gasteiger partial charge in [-0.05, 0) is 57.6 Å². The fourth-order valence-electron chi connectivity index (χ4n) is 2.67. The molecule has 104 valence electrons. The molecule has 0 bridgehead atoms. The number of carbonyl (C=O) groups is 1. The molecular weight excluding hydrogens is 240 g/mol. The third-order valence-electron chi connectivity index (χ3n) is 3.66. The van der Waals surface area contributed by atoms with Gasteiger partial charge in [-0.2, -0.15) is 0 Å². The number of rotatable bonds is 3. The molecule has 1 N–H and O–H groups in total. The summed E-state index contributed by atoms with van der Waals surface area (Å²) in [5.41, 5.74) is 1.41. The summed E-state index contributed by atoms with van der Waals surface area (Å²) in [7, 11) is 4.07. The van der Waals surface area contributed by atoms with Crippen molar-refractivity contribution >= 4 is 5.91 Å². The van der Waals surface area contributed by atoms with Gasteiger partial charge in [0, 0.05) is 24.7 Å². The van der Waals surface area contributed by atoms with E-state index in [-0.39, 0.29) is 11.7 Å². The predicted molar refractivity (Wildman–Crippen MR) is 75.5 cm³/mol. The Kier molecular flexibility index (Phi) is 4.10. The van der Waals surface area contributed by atoms with Crippen LogP contribution in [0.5, 0.6) is 5.75 Å². The molecule has 1 amide bonds. The summed E-state index contributed by atoms with van der Waals surface area (Å²) in [6, 6.07) is 5.37. The van der Waals surface area contributed by atoms with Crippen LogP contribution >= 0.6 is 0 Å². The molecule has 1 aliphatic heterocycles. The van der Waals surface area contributed by atoms with E-state index in [1.165, 1.54) is 0 Å². The third-order valence-corrected chi connectivity index (χ3v) is 3.66. The van der Waals surface area contributed by atoms with E-state index in [9.17, 15) is 9.90 Å². The van der Waals surface area contributed by atoms with Crippen molar-refractivity contribution in [2.45, 2.75) is 25.8 Å². The molecule has 0 saturated carbocycles. The van der Waals surface area contributed by atoms with E-state index in [1.807, 2.05) is 25.9 Å². The highest BCUT2D eigenvalue weighted by molar-refractivity contribution is 5.95. The van der Waals surface area contributed by atoms with Crippen LogP contribution in [0.15, 0.2) is 18.2 Å². The maximum Gasteiger partial charge on any atom is 0.254 e. The van der Waals surface area contributed by atoms with E-state index < -0.39 is 0 Å². The summed E-state index contributed by atoms with van der Waals surface area (Å²) in [4.78, 5) is 16.6. The van der Waals surface area contributed by atoms with Gasteiger partial charge in [0.25, 0.3) is 5.91 Å². The number of likely N-dealkylation sites (N-methyl/N-ethyl adjacent to an activating group) is 1. The molecule has 4 heteroatoms. The SMILES string of the molecule is Cc1cc(C(=O)N2CCCC2CN(C)C)ccc1O. The first-order valence-electron chi connectivity index (χ1n) is 6.74. The van der Waals surface area contributed by atoms with E-state index in [0.29, 0.717) is 11.6 Å². The molecule has 1 heterocycles. The smallest absolute Gasteiger partial charge is 0.254 e. The average Bonchev–Trinajstić information content (AvgIpc) is 2.79. The predicted octanol–water partition coefficient (Wildman–Crippen LogP) is 1.87. The second-order valence-electron chi connectivity index (χ2n) is 5.56. The number of benzene rings is 1. The van der Waals surface area contributed by atoms with Crippen LogP contribution in [0.1, 0.15) is 28.8 Å². The summed E-state index contributed by atoms with van der Waals surface area (Å²) < 4.78 is 0. The highest BCUT2D eigenvalue weighted by Crippen LogP contribution is 2.23. The molecule has 1 unspecified atom stereocenters. The lowest BCUT2D eigenvalue weighted by Crippen LogP contribution is -2.41. The number of aromatic hydroxyl groups is 1. The third kappa shape index (κ3) is 3.07. The fraction of sp³-hybridized carbons (Fsp3) is 0.533. The molecule has 1 fully saturated rings.